The number of hydrogen-bond acceptors (Lipinski definition) is 3. The summed E-state index contributed by atoms with van der Waals surface area (Å²) in [5, 5.41) is 0. The summed E-state index contributed by atoms with van der Waals surface area (Å²) in [7, 11) is 0. The van der Waals surface area contributed by atoms with E-state index in [-0.39, 0.29) is 6.54 Å². The molecule has 1 saturated carbocycles. The van der Waals surface area contributed by atoms with Crippen LogP contribution in [0.25, 0.3) is 0 Å². The number of aldehydes is 1. The monoisotopic (exact) mass is 227 g/mol. The van der Waals surface area contributed by atoms with Crippen LogP contribution >= 0.6 is 0 Å². The summed E-state index contributed by atoms with van der Waals surface area (Å²) in [6.07, 6.45) is 1.49. The summed E-state index contributed by atoms with van der Waals surface area (Å²) in [5.74, 6) is 1.20. The third-order valence-corrected chi connectivity index (χ3v) is 2.68. The first kappa shape index (κ1) is 13.0. The summed E-state index contributed by atoms with van der Waals surface area (Å²) >= 11 is 0. The minimum atomic E-state index is -0.507. The van der Waals surface area contributed by atoms with Crippen LogP contribution in [0.2, 0.25) is 0 Å². The molecule has 4 heteroatoms. The molecule has 1 aliphatic carbocycles. The number of amides is 1. The second kappa shape index (κ2) is 4.85. The van der Waals surface area contributed by atoms with Gasteiger partial charge in [0.15, 0.2) is 0 Å². The van der Waals surface area contributed by atoms with Crippen LogP contribution in [0.4, 0.5) is 4.79 Å². The number of rotatable bonds is 4. The molecule has 1 fully saturated rings. The molecule has 0 aliphatic heterocycles. The van der Waals surface area contributed by atoms with Gasteiger partial charge in [0.25, 0.3) is 0 Å². The van der Waals surface area contributed by atoms with Crippen molar-refractivity contribution in [3.05, 3.63) is 0 Å². The molecule has 0 saturated heterocycles. The zero-order valence-corrected chi connectivity index (χ0v) is 10.5. The average molecular weight is 227 g/mol. The molecule has 1 amide bonds. The maximum absolute atomic E-state index is 11.8. The Bertz CT molecular complexity index is 270. The number of hydrogen-bond donors (Lipinski definition) is 0. The predicted octanol–water partition coefficient (Wildman–Crippen LogP) is 2.08. The van der Waals surface area contributed by atoms with Gasteiger partial charge in [-0.3, -0.25) is 0 Å². The standard InChI is InChI=1S/C12H21NO3/c1-9-7-10(9)8-13(5-6-14)11(15)16-12(2,3)4/h6,9-10H,5,7-8H2,1-4H3. The molecule has 2 unspecified atom stereocenters. The zero-order valence-electron chi connectivity index (χ0n) is 10.5. The number of carbonyl (C=O) groups excluding carboxylic acids is 2. The van der Waals surface area contributed by atoms with Gasteiger partial charge in [-0.05, 0) is 39.0 Å². The van der Waals surface area contributed by atoms with Gasteiger partial charge in [0.2, 0.25) is 0 Å². The Morgan fingerprint density at radius 3 is 2.44 bits per heavy atom. The summed E-state index contributed by atoms with van der Waals surface area (Å²) in [6, 6.07) is 0. The maximum Gasteiger partial charge on any atom is 0.410 e. The van der Waals surface area contributed by atoms with Gasteiger partial charge >= 0.3 is 6.09 Å². The highest BCUT2D eigenvalue weighted by molar-refractivity contribution is 5.71. The van der Waals surface area contributed by atoms with E-state index in [0.29, 0.717) is 18.4 Å². The van der Waals surface area contributed by atoms with Crippen molar-refractivity contribution in [1.29, 1.82) is 0 Å². The molecule has 4 nitrogen and oxygen atoms in total. The first-order valence-electron chi connectivity index (χ1n) is 5.75. The van der Waals surface area contributed by atoms with E-state index in [2.05, 4.69) is 6.92 Å². The summed E-state index contributed by atoms with van der Waals surface area (Å²) in [4.78, 5) is 23.8. The lowest BCUT2D eigenvalue weighted by Gasteiger charge is -2.26. The van der Waals surface area contributed by atoms with E-state index in [1.807, 2.05) is 20.8 Å². The Kier molecular flexibility index (Phi) is 3.94. The van der Waals surface area contributed by atoms with Crippen molar-refractivity contribution in [3.63, 3.8) is 0 Å². The second-order valence-electron chi connectivity index (χ2n) is 5.53. The van der Waals surface area contributed by atoms with Crippen molar-refractivity contribution >= 4 is 12.4 Å². The van der Waals surface area contributed by atoms with Gasteiger partial charge in [0, 0.05) is 6.54 Å². The van der Waals surface area contributed by atoms with Gasteiger partial charge in [0.05, 0.1) is 6.54 Å². The minimum absolute atomic E-state index is 0.123. The van der Waals surface area contributed by atoms with E-state index < -0.39 is 11.7 Å². The molecule has 0 aromatic carbocycles. The third-order valence-electron chi connectivity index (χ3n) is 2.68. The molecular weight excluding hydrogens is 206 g/mol. The number of nitrogens with zero attached hydrogens (tertiary/aromatic N) is 1. The molecule has 0 spiro atoms. The lowest BCUT2D eigenvalue weighted by molar-refractivity contribution is -0.109. The molecule has 0 aromatic rings. The van der Waals surface area contributed by atoms with Gasteiger partial charge in [-0.25, -0.2) is 4.79 Å². The highest BCUT2D eigenvalue weighted by atomic mass is 16.6. The lowest BCUT2D eigenvalue weighted by Crippen LogP contribution is -2.39. The molecule has 92 valence electrons. The third kappa shape index (κ3) is 4.21. The quantitative estimate of drug-likeness (QED) is 0.691. The van der Waals surface area contributed by atoms with Crippen molar-refractivity contribution in [2.75, 3.05) is 13.1 Å². The molecule has 0 N–H and O–H groups in total. The fraction of sp³-hybridized carbons (Fsp3) is 0.833. The topological polar surface area (TPSA) is 46.6 Å². The molecule has 1 aliphatic rings. The predicted molar refractivity (Wildman–Crippen MR) is 61.1 cm³/mol. The fourth-order valence-corrected chi connectivity index (χ4v) is 1.58. The highest BCUT2D eigenvalue weighted by Gasteiger charge is 2.36. The Balaban J connectivity index is 2.48. The molecule has 2 atom stereocenters. The maximum atomic E-state index is 11.8. The van der Waals surface area contributed by atoms with E-state index in [1.54, 1.807) is 0 Å². The first-order chi connectivity index (χ1) is 7.33. The zero-order chi connectivity index (χ0) is 12.3. The Labute approximate surface area is 96.9 Å². The van der Waals surface area contributed by atoms with Crippen LogP contribution < -0.4 is 0 Å². The molecule has 0 bridgehead atoms. The average Bonchev–Trinajstić information content (AvgIpc) is 2.78. The van der Waals surface area contributed by atoms with E-state index in [9.17, 15) is 9.59 Å². The van der Waals surface area contributed by atoms with Gasteiger partial charge in [-0.1, -0.05) is 6.92 Å². The van der Waals surface area contributed by atoms with Crippen LogP contribution in [0.3, 0.4) is 0 Å². The summed E-state index contributed by atoms with van der Waals surface area (Å²) < 4.78 is 5.24. The summed E-state index contributed by atoms with van der Waals surface area (Å²) in [6.45, 7) is 8.38. The molecule has 0 heterocycles. The lowest BCUT2D eigenvalue weighted by atomic mass is 10.2. The van der Waals surface area contributed by atoms with Crippen molar-refractivity contribution < 1.29 is 14.3 Å². The highest BCUT2D eigenvalue weighted by Crippen LogP contribution is 2.38. The van der Waals surface area contributed by atoms with Crippen molar-refractivity contribution in [2.24, 2.45) is 11.8 Å². The van der Waals surface area contributed by atoms with Gasteiger partial charge in [-0.2, -0.15) is 0 Å². The minimum Gasteiger partial charge on any atom is -0.444 e. The number of ether oxygens (including phenoxy) is 1. The van der Waals surface area contributed by atoms with E-state index in [1.165, 1.54) is 4.90 Å². The first-order valence-corrected chi connectivity index (χ1v) is 5.75. The SMILES string of the molecule is CC1CC1CN(CC=O)C(=O)OC(C)(C)C. The Hall–Kier alpha value is -1.06. The molecule has 16 heavy (non-hydrogen) atoms. The van der Waals surface area contributed by atoms with Crippen LogP contribution in [0.5, 0.6) is 0 Å². The van der Waals surface area contributed by atoms with E-state index >= 15 is 0 Å². The number of carbonyl (C=O) groups is 2. The van der Waals surface area contributed by atoms with Crippen molar-refractivity contribution in [3.8, 4) is 0 Å². The Morgan fingerprint density at radius 2 is 2.06 bits per heavy atom. The van der Waals surface area contributed by atoms with Crippen molar-refractivity contribution in [1.82, 2.24) is 4.90 Å². The second-order valence-corrected chi connectivity index (χ2v) is 5.53. The van der Waals surface area contributed by atoms with Crippen LogP contribution in [0.15, 0.2) is 0 Å². The van der Waals surface area contributed by atoms with Gasteiger partial charge in [0.1, 0.15) is 11.9 Å². The fourth-order valence-electron chi connectivity index (χ4n) is 1.58. The normalized spacial score (nSPS) is 23.8. The van der Waals surface area contributed by atoms with Crippen LogP contribution in [-0.4, -0.2) is 36.0 Å². The van der Waals surface area contributed by atoms with Crippen LogP contribution in [0.1, 0.15) is 34.1 Å². The van der Waals surface area contributed by atoms with E-state index in [4.69, 9.17) is 4.74 Å². The molecule has 0 aromatic heterocycles. The van der Waals surface area contributed by atoms with Crippen molar-refractivity contribution in [2.45, 2.75) is 39.7 Å². The van der Waals surface area contributed by atoms with Gasteiger partial charge < -0.3 is 14.4 Å². The van der Waals surface area contributed by atoms with Crippen LogP contribution in [-0.2, 0) is 9.53 Å². The Morgan fingerprint density at radius 1 is 1.50 bits per heavy atom. The molecular formula is C12H21NO3. The molecule has 0 radical (unpaired) electrons. The van der Waals surface area contributed by atoms with Gasteiger partial charge in [-0.15, -0.1) is 0 Å². The largest absolute Gasteiger partial charge is 0.444 e. The molecule has 1 rings (SSSR count). The van der Waals surface area contributed by atoms with E-state index in [0.717, 1.165) is 12.7 Å². The van der Waals surface area contributed by atoms with Crippen LogP contribution in [0, 0.1) is 11.8 Å². The smallest absolute Gasteiger partial charge is 0.410 e. The summed E-state index contributed by atoms with van der Waals surface area (Å²) in [5.41, 5.74) is -0.507.